The Labute approximate surface area is 182 Å². The van der Waals surface area contributed by atoms with Crippen LogP contribution in [0.1, 0.15) is 34.3 Å². The molecule has 2 aromatic rings. The molecule has 0 spiro atoms. The summed E-state index contributed by atoms with van der Waals surface area (Å²) in [5.74, 6) is -0.711. The van der Waals surface area contributed by atoms with E-state index in [9.17, 15) is 18.8 Å². The fourth-order valence-corrected chi connectivity index (χ4v) is 3.59. The fourth-order valence-electron chi connectivity index (χ4n) is 3.59. The van der Waals surface area contributed by atoms with Crippen molar-refractivity contribution in [2.24, 2.45) is 0 Å². The van der Waals surface area contributed by atoms with E-state index in [1.165, 1.54) is 24.3 Å². The topological polar surface area (TPSA) is 69.7 Å². The molecule has 0 aromatic heterocycles. The maximum Gasteiger partial charge on any atom is 0.238 e. The molecule has 0 saturated carbocycles. The first kappa shape index (κ1) is 22.6. The van der Waals surface area contributed by atoms with E-state index in [1.54, 1.807) is 4.90 Å². The number of nitrogens with one attached hydrogen (secondary N) is 1. The van der Waals surface area contributed by atoms with Crippen LogP contribution in [0.3, 0.4) is 0 Å². The van der Waals surface area contributed by atoms with Crippen molar-refractivity contribution >= 4 is 23.3 Å². The predicted molar refractivity (Wildman–Crippen MR) is 118 cm³/mol. The van der Waals surface area contributed by atoms with Crippen molar-refractivity contribution in [3.63, 3.8) is 0 Å². The Morgan fingerprint density at radius 1 is 0.935 bits per heavy atom. The van der Waals surface area contributed by atoms with Gasteiger partial charge in [-0.25, -0.2) is 4.39 Å². The van der Waals surface area contributed by atoms with Gasteiger partial charge in [-0.3, -0.25) is 19.3 Å². The average Bonchev–Trinajstić information content (AvgIpc) is 2.76. The van der Waals surface area contributed by atoms with E-state index < -0.39 is 5.82 Å². The van der Waals surface area contributed by atoms with Gasteiger partial charge < -0.3 is 10.2 Å². The van der Waals surface area contributed by atoms with Crippen LogP contribution in [0.2, 0.25) is 0 Å². The van der Waals surface area contributed by atoms with Crippen LogP contribution in [0.4, 0.5) is 10.1 Å². The number of halogens is 1. The second kappa shape index (κ2) is 10.3. The normalized spacial score (nSPS) is 14.4. The third kappa shape index (κ3) is 6.21. The van der Waals surface area contributed by atoms with Gasteiger partial charge in [0.15, 0.2) is 5.78 Å². The molecule has 1 fully saturated rings. The lowest BCUT2D eigenvalue weighted by Crippen LogP contribution is -2.50. The maximum atomic E-state index is 13.0. The molecule has 7 heteroatoms. The lowest BCUT2D eigenvalue weighted by atomic mass is 10.1. The number of amides is 2. The van der Waals surface area contributed by atoms with Crippen LogP contribution in [0, 0.1) is 19.7 Å². The Balaban J connectivity index is 1.41. The lowest BCUT2D eigenvalue weighted by Gasteiger charge is -2.34. The molecule has 1 saturated heterocycles. The van der Waals surface area contributed by atoms with Crippen LogP contribution >= 0.6 is 0 Å². The molecule has 0 atom stereocenters. The molecule has 2 aromatic carbocycles. The first-order valence-electron chi connectivity index (χ1n) is 10.5. The van der Waals surface area contributed by atoms with Crippen LogP contribution in [0.15, 0.2) is 42.5 Å². The zero-order valence-corrected chi connectivity index (χ0v) is 18.0. The highest BCUT2D eigenvalue weighted by Crippen LogP contribution is 2.18. The summed E-state index contributed by atoms with van der Waals surface area (Å²) in [5.41, 5.74) is 3.42. The molecule has 2 amide bonds. The number of ketones is 1. The highest BCUT2D eigenvalue weighted by Gasteiger charge is 2.23. The largest absolute Gasteiger partial charge is 0.340 e. The smallest absolute Gasteiger partial charge is 0.238 e. The van der Waals surface area contributed by atoms with Gasteiger partial charge in [0.1, 0.15) is 5.82 Å². The third-order valence-electron chi connectivity index (χ3n) is 5.70. The Hall–Kier alpha value is -3.06. The minimum Gasteiger partial charge on any atom is -0.340 e. The summed E-state index contributed by atoms with van der Waals surface area (Å²) in [7, 11) is 0. The molecule has 6 nitrogen and oxygen atoms in total. The van der Waals surface area contributed by atoms with Crippen molar-refractivity contribution in [1.29, 1.82) is 0 Å². The Morgan fingerprint density at radius 2 is 1.61 bits per heavy atom. The van der Waals surface area contributed by atoms with E-state index in [1.807, 2.05) is 36.9 Å². The molecule has 0 radical (unpaired) electrons. The van der Waals surface area contributed by atoms with E-state index in [-0.39, 0.29) is 37.0 Å². The molecule has 0 aliphatic carbocycles. The summed E-state index contributed by atoms with van der Waals surface area (Å²) in [5, 5.41) is 2.96. The zero-order chi connectivity index (χ0) is 22.4. The first-order valence-corrected chi connectivity index (χ1v) is 10.5. The van der Waals surface area contributed by atoms with E-state index in [2.05, 4.69) is 5.32 Å². The minimum absolute atomic E-state index is 0.0710. The molecule has 3 rings (SSSR count). The summed E-state index contributed by atoms with van der Waals surface area (Å²) >= 11 is 0. The van der Waals surface area contributed by atoms with Gasteiger partial charge in [-0.1, -0.05) is 12.1 Å². The van der Waals surface area contributed by atoms with Crippen molar-refractivity contribution in [3.05, 3.63) is 65.0 Å². The summed E-state index contributed by atoms with van der Waals surface area (Å²) in [4.78, 5) is 40.8. The monoisotopic (exact) mass is 425 g/mol. The number of anilines is 1. The van der Waals surface area contributed by atoms with Crippen LogP contribution in [0.25, 0.3) is 0 Å². The highest BCUT2D eigenvalue weighted by atomic mass is 19.1. The van der Waals surface area contributed by atoms with Gasteiger partial charge in [0.25, 0.3) is 0 Å². The summed E-state index contributed by atoms with van der Waals surface area (Å²) < 4.78 is 13.0. The van der Waals surface area contributed by atoms with Gasteiger partial charge >= 0.3 is 0 Å². The number of carbonyl (C=O) groups is 3. The van der Waals surface area contributed by atoms with E-state index in [4.69, 9.17) is 0 Å². The quantitative estimate of drug-likeness (QED) is 0.692. The van der Waals surface area contributed by atoms with Gasteiger partial charge in [-0.15, -0.1) is 0 Å². The SMILES string of the molecule is Cc1cccc(NC(=O)CN2CCN(C(=O)CCC(=O)c3ccc(F)cc3)CC2)c1C. The number of rotatable bonds is 7. The maximum absolute atomic E-state index is 13.0. The third-order valence-corrected chi connectivity index (χ3v) is 5.70. The fraction of sp³-hybridized carbons (Fsp3) is 0.375. The van der Waals surface area contributed by atoms with Crippen LogP contribution in [-0.4, -0.2) is 60.1 Å². The molecular formula is C24H28FN3O3. The summed E-state index contributed by atoms with van der Waals surface area (Å²) in [6, 6.07) is 11.2. The first-order chi connectivity index (χ1) is 14.8. The number of hydrogen-bond donors (Lipinski definition) is 1. The molecule has 1 heterocycles. The molecule has 164 valence electrons. The van der Waals surface area contributed by atoms with Gasteiger partial charge in [-0.2, -0.15) is 0 Å². The van der Waals surface area contributed by atoms with Crippen LogP contribution < -0.4 is 5.32 Å². The van der Waals surface area contributed by atoms with Crippen molar-refractivity contribution in [1.82, 2.24) is 9.80 Å². The molecule has 1 N–H and O–H groups in total. The number of aryl methyl sites for hydroxylation is 1. The second-order valence-corrected chi connectivity index (χ2v) is 7.88. The zero-order valence-electron chi connectivity index (χ0n) is 18.0. The number of benzene rings is 2. The standard InChI is InChI=1S/C24H28FN3O3/c1-17-4-3-5-21(18(17)2)26-23(30)16-27-12-14-28(15-13-27)24(31)11-10-22(29)19-6-8-20(25)9-7-19/h3-9H,10-16H2,1-2H3,(H,26,30). The number of piperazine rings is 1. The van der Waals surface area contributed by atoms with E-state index in [0.29, 0.717) is 31.7 Å². The Morgan fingerprint density at radius 3 is 2.29 bits per heavy atom. The average molecular weight is 426 g/mol. The number of carbonyl (C=O) groups excluding carboxylic acids is 3. The van der Waals surface area contributed by atoms with Crippen molar-refractivity contribution in [3.8, 4) is 0 Å². The summed E-state index contributed by atoms with van der Waals surface area (Å²) in [6.07, 6.45) is 0.228. The number of Topliss-reactive ketones (excluding diaryl/α,β-unsaturated/α-hetero) is 1. The van der Waals surface area contributed by atoms with Crippen molar-refractivity contribution in [2.45, 2.75) is 26.7 Å². The van der Waals surface area contributed by atoms with Gasteiger partial charge in [0, 0.05) is 50.3 Å². The number of nitrogens with zero attached hydrogens (tertiary/aromatic N) is 2. The van der Waals surface area contributed by atoms with Crippen molar-refractivity contribution < 1.29 is 18.8 Å². The number of hydrogen-bond acceptors (Lipinski definition) is 4. The van der Waals surface area contributed by atoms with E-state index in [0.717, 1.165) is 16.8 Å². The molecule has 1 aliphatic rings. The summed E-state index contributed by atoms with van der Waals surface area (Å²) in [6.45, 7) is 6.54. The molecule has 1 aliphatic heterocycles. The van der Waals surface area contributed by atoms with Gasteiger partial charge in [0.05, 0.1) is 6.54 Å². The molecule has 31 heavy (non-hydrogen) atoms. The molecular weight excluding hydrogens is 397 g/mol. The molecule has 0 bridgehead atoms. The second-order valence-electron chi connectivity index (χ2n) is 7.88. The lowest BCUT2D eigenvalue weighted by molar-refractivity contribution is -0.133. The van der Waals surface area contributed by atoms with Crippen molar-refractivity contribution in [2.75, 3.05) is 38.0 Å². The predicted octanol–water partition coefficient (Wildman–Crippen LogP) is 3.19. The Bertz CT molecular complexity index is 951. The van der Waals surface area contributed by atoms with Crippen LogP contribution in [0.5, 0.6) is 0 Å². The van der Waals surface area contributed by atoms with E-state index >= 15 is 0 Å². The van der Waals surface area contributed by atoms with Gasteiger partial charge in [-0.05, 0) is 55.3 Å². The highest BCUT2D eigenvalue weighted by molar-refractivity contribution is 5.98. The van der Waals surface area contributed by atoms with Crippen LogP contribution in [-0.2, 0) is 9.59 Å². The Kier molecular flexibility index (Phi) is 7.52. The minimum atomic E-state index is -0.395. The molecule has 0 unspecified atom stereocenters. The van der Waals surface area contributed by atoms with Gasteiger partial charge in [0.2, 0.25) is 11.8 Å².